The van der Waals surface area contributed by atoms with Crippen LogP contribution in [0.25, 0.3) is 0 Å². The van der Waals surface area contributed by atoms with E-state index < -0.39 is 0 Å². The topological polar surface area (TPSA) is 32.3 Å². The number of benzene rings is 1. The lowest BCUT2D eigenvalue weighted by molar-refractivity contribution is -0.118. The smallest absolute Gasteiger partial charge is 0.227 e. The third-order valence-electron chi connectivity index (χ3n) is 4.11. The average molecular weight is 274 g/mol. The molecule has 110 valence electrons. The number of carbonyl (C=O) groups excluding carboxylic acids is 1. The second-order valence-electron chi connectivity index (χ2n) is 5.48. The minimum atomic E-state index is 0.278. The molecule has 0 spiro atoms. The molecule has 3 heteroatoms. The largest absolute Gasteiger partial charge is 0.314 e. The molecule has 20 heavy (non-hydrogen) atoms. The van der Waals surface area contributed by atoms with Gasteiger partial charge in [-0.1, -0.05) is 32.0 Å². The van der Waals surface area contributed by atoms with E-state index in [1.54, 1.807) is 0 Å². The van der Waals surface area contributed by atoms with Gasteiger partial charge in [-0.05, 0) is 43.9 Å². The van der Waals surface area contributed by atoms with Crippen molar-refractivity contribution >= 4 is 11.6 Å². The van der Waals surface area contributed by atoms with Crippen LogP contribution in [0.3, 0.4) is 0 Å². The summed E-state index contributed by atoms with van der Waals surface area (Å²) in [6, 6.07) is 8.88. The Labute approximate surface area is 122 Å². The highest BCUT2D eigenvalue weighted by atomic mass is 16.2. The van der Waals surface area contributed by atoms with Gasteiger partial charge in [0.05, 0.1) is 0 Å². The van der Waals surface area contributed by atoms with E-state index >= 15 is 0 Å². The second kappa shape index (κ2) is 7.44. The van der Waals surface area contributed by atoms with Crippen molar-refractivity contribution in [2.24, 2.45) is 0 Å². The summed E-state index contributed by atoms with van der Waals surface area (Å²) >= 11 is 0. The van der Waals surface area contributed by atoms with Gasteiger partial charge in [-0.2, -0.15) is 0 Å². The minimum Gasteiger partial charge on any atom is -0.314 e. The summed E-state index contributed by atoms with van der Waals surface area (Å²) in [5, 5.41) is 3.50. The molecule has 0 bridgehead atoms. The Bertz CT molecular complexity index is 444. The van der Waals surface area contributed by atoms with E-state index in [4.69, 9.17) is 0 Å². The highest BCUT2D eigenvalue weighted by Crippen LogP contribution is 2.27. The molecular weight excluding hydrogens is 248 g/mol. The molecule has 0 aromatic heterocycles. The maximum absolute atomic E-state index is 12.1. The molecule has 1 aromatic carbocycles. The number of carbonyl (C=O) groups is 1. The Balaban J connectivity index is 1.93. The Morgan fingerprint density at radius 1 is 1.25 bits per heavy atom. The number of nitrogens with one attached hydrogen (secondary N) is 1. The lowest BCUT2D eigenvalue weighted by Crippen LogP contribution is -2.37. The molecule has 1 unspecified atom stereocenters. The van der Waals surface area contributed by atoms with Crippen LogP contribution in [-0.2, 0) is 11.2 Å². The van der Waals surface area contributed by atoms with Crippen molar-refractivity contribution in [3.8, 4) is 0 Å². The van der Waals surface area contributed by atoms with Crippen molar-refractivity contribution < 1.29 is 4.79 Å². The van der Waals surface area contributed by atoms with Crippen LogP contribution in [0.5, 0.6) is 0 Å². The molecule has 1 aromatic rings. The summed E-state index contributed by atoms with van der Waals surface area (Å²) in [5.41, 5.74) is 2.44. The van der Waals surface area contributed by atoms with Crippen LogP contribution < -0.4 is 10.2 Å². The monoisotopic (exact) mass is 274 g/mol. The van der Waals surface area contributed by atoms with Gasteiger partial charge < -0.3 is 10.2 Å². The first-order valence-electron chi connectivity index (χ1n) is 7.87. The van der Waals surface area contributed by atoms with Gasteiger partial charge >= 0.3 is 0 Å². The van der Waals surface area contributed by atoms with Crippen molar-refractivity contribution in [2.45, 2.75) is 52.0 Å². The number of aryl methyl sites for hydroxylation is 1. The predicted octanol–water partition coefficient (Wildman–Crippen LogP) is 3.13. The lowest BCUT2D eigenvalue weighted by atomic mass is 10.0. The van der Waals surface area contributed by atoms with Crippen LogP contribution in [0, 0.1) is 0 Å². The van der Waals surface area contributed by atoms with Crippen molar-refractivity contribution in [3.63, 3.8) is 0 Å². The van der Waals surface area contributed by atoms with Crippen LogP contribution in [0.1, 0.15) is 45.1 Å². The number of rotatable bonds is 7. The molecule has 1 heterocycles. The maximum Gasteiger partial charge on any atom is 0.227 e. The molecule has 3 nitrogen and oxygen atoms in total. The molecule has 1 aliphatic rings. The fraction of sp³-hybridized carbons (Fsp3) is 0.588. The highest BCUT2D eigenvalue weighted by molar-refractivity contribution is 5.96. The third-order valence-corrected chi connectivity index (χ3v) is 4.11. The Morgan fingerprint density at radius 2 is 2.05 bits per heavy atom. The summed E-state index contributed by atoms with van der Waals surface area (Å²) in [5.74, 6) is 0.278. The number of anilines is 1. The van der Waals surface area contributed by atoms with Crippen molar-refractivity contribution in [2.75, 3.05) is 18.0 Å². The van der Waals surface area contributed by atoms with Gasteiger partial charge in [-0.15, -0.1) is 0 Å². The standard InChI is InChI=1S/C17H26N2O/c1-3-15(18-4-2)9-7-13-19-16-10-6-5-8-14(16)11-12-17(19)20/h5-6,8,10,15,18H,3-4,7,9,11-13H2,1-2H3. The zero-order chi connectivity index (χ0) is 14.4. The predicted molar refractivity (Wildman–Crippen MR) is 84.1 cm³/mol. The fourth-order valence-corrected chi connectivity index (χ4v) is 2.98. The summed E-state index contributed by atoms with van der Waals surface area (Å²) < 4.78 is 0. The van der Waals surface area contributed by atoms with Gasteiger partial charge in [-0.25, -0.2) is 0 Å². The molecule has 1 N–H and O–H groups in total. The number of fused-ring (bicyclic) bond motifs is 1. The Hall–Kier alpha value is -1.35. The molecule has 0 aliphatic carbocycles. The quantitative estimate of drug-likeness (QED) is 0.828. The highest BCUT2D eigenvalue weighted by Gasteiger charge is 2.23. The van der Waals surface area contributed by atoms with Crippen LogP contribution in [-0.4, -0.2) is 25.0 Å². The summed E-state index contributed by atoms with van der Waals surface area (Å²) in [7, 11) is 0. The van der Waals surface area contributed by atoms with E-state index in [2.05, 4.69) is 37.4 Å². The normalized spacial score (nSPS) is 16.1. The minimum absolute atomic E-state index is 0.278. The average Bonchev–Trinajstić information content (AvgIpc) is 2.48. The maximum atomic E-state index is 12.1. The van der Waals surface area contributed by atoms with Crippen molar-refractivity contribution in [1.29, 1.82) is 0 Å². The first kappa shape index (κ1) is 15.0. The number of nitrogens with zero attached hydrogens (tertiary/aromatic N) is 1. The van der Waals surface area contributed by atoms with Crippen LogP contribution in [0.2, 0.25) is 0 Å². The third kappa shape index (κ3) is 3.60. The van der Waals surface area contributed by atoms with Gasteiger partial charge in [0.25, 0.3) is 0 Å². The van der Waals surface area contributed by atoms with Gasteiger partial charge in [0.2, 0.25) is 5.91 Å². The first-order valence-corrected chi connectivity index (χ1v) is 7.87. The number of amides is 1. The number of hydrogen-bond donors (Lipinski definition) is 1. The molecular formula is C17H26N2O. The number of hydrogen-bond acceptors (Lipinski definition) is 2. The Morgan fingerprint density at radius 3 is 2.80 bits per heavy atom. The molecule has 0 saturated heterocycles. The van der Waals surface area contributed by atoms with E-state index in [1.165, 1.54) is 5.56 Å². The van der Waals surface area contributed by atoms with Gasteiger partial charge in [0.1, 0.15) is 0 Å². The summed E-state index contributed by atoms with van der Waals surface area (Å²) in [6.45, 7) is 6.23. The van der Waals surface area contributed by atoms with Crippen LogP contribution >= 0.6 is 0 Å². The molecule has 0 radical (unpaired) electrons. The van der Waals surface area contributed by atoms with Crippen molar-refractivity contribution in [3.05, 3.63) is 29.8 Å². The molecule has 1 aliphatic heterocycles. The van der Waals surface area contributed by atoms with Crippen LogP contribution in [0.15, 0.2) is 24.3 Å². The zero-order valence-electron chi connectivity index (χ0n) is 12.7. The van der Waals surface area contributed by atoms with Gasteiger partial charge in [0, 0.05) is 24.7 Å². The zero-order valence-corrected chi connectivity index (χ0v) is 12.7. The molecule has 1 atom stereocenters. The van der Waals surface area contributed by atoms with E-state index in [-0.39, 0.29) is 5.91 Å². The van der Waals surface area contributed by atoms with E-state index in [9.17, 15) is 4.79 Å². The second-order valence-corrected chi connectivity index (χ2v) is 5.48. The van der Waals surface area contributed by atoms with Crippen LogP contribution in [0.4, 0.5) is 5.69 Å². The summed E-state index contributed by atoms with van der Waals surface area (Å²) in [6.07, 6.45) is 4.89. The summed E-state index contributed by atoms with van der Waals surface area (Å²) in [4.78, 5) is 14.1. The SMILES string of the molecule is CCNC(CC)CCCN1C(=O)CCc2ccccc21. The molecule has 1 amide bonds. The number of para-hydroxylation sites is 1. The Kier molecular flexibility index (Phi) is 5.60. The molecule has 0 fully saturated rings. The van der Waals surface area contributed by atoms with Gasteiger partial charge in [0.15, 0.2) is 0 Å². The molecule has 0 saturated carbocycles. The van der Waals surface area contributed by atoms with Crippen molar-refractivity contribution in [1.82, 2.24) is 5.32 Å². The fourth-order valence-electron chi connectivity index (χ4n) is 2.98. The van der Waals surface area contributed by atoms with Gasteiger partial charge in [-0.3, -0.25) is 4.79 Å². The molecule has 2 rings (SSSR count). The van der Waals surface area contributed by atoms with E-state index in [0.717, 1.165) is 44.5 Å². The lowest BCUT2D eigenvalue weighted by Gasteiger charge is -2.30. The van der Waals surface area contributed by atoms with E-state index in [0.29, 0.717) is 12.5 Å². The van der Waals surface area contributed by atoms with E-state index in [1.807, 2.05) is 11.0 Å². The first-order chi connectivity index (χ1) is 9.76.